The minimum Gasteiger partial charge on any atom is -0.497 e. The van der Waals surface area contributed by atoms with Gasteiger partial charge in [0, 0.05) is 10.7 Å². The number of benzene rings is 1. The molecular formula is C13H12BrFN2O. The first-order chi connectivity index (χ1) is 8.61. The highest BCUT2D eigenvalue weighted by molar-refractivity contribution is 9.10. The molecule has 1 heterocycles. The predicted octanol–water partition coefficient (Wildman–Crippen LogP) is 3.04. The third-order valence-electron chi connectivity index (χ3n) is 2.62. The van der Waals surface area contributed by atoms with Crippen LogP contribution in [0.1, 0.15) is 17.2 Å². The first-order valence-corrected chi connectivity index (χ1v) is 6.10. The molecule has 5 heteroatoms. The standard InChI is InChI=1S/C13H12BrFN2O/c1-18-10-2-3-12(14)11(5-10)13(16)8-4-9(15)7-17-6-8/h2-7,13H,16H2,1H3. The van der Waals surface area contributed by atoms with Gasteiger partial charge in [-0.25, -0.2) is 4.39 Å². The van der Waals surface area contributed by atoms with Crippen molar-refractivity contribution >= 4 is 15.9 Å². The Balaban J connectivity index is 2.41. The summed E-state index contributed by atoms with van der Waals surface area (Å²) < 4.78 is 19.1. The average molecular weight is 311 g/mol. The lowest BCUT2D eigenvalue weighted by Crippen LogP contribution is -2.13. The molecule has 1 atom stereocenters. The summed E-state index contributed by atoms with van der Waals surface area (Å²) in [5, 5.41) is 0. The zero-order valence-corrected chi connectivity index (χ0v) is 11.3. The predicted molar refractivity (Wildman–Crippen MR) is 70.9 cm³/mol. The van der Waals surface area contributed by atoms with E-state index in [4.69, 9.17) is 10.5 Å². The van der Waals surface area contributed by atoms with E-state index < -0.39 is 11.9 Å². The molecule has 94 valence electrons. The highest BCUT2D eigenvalue weighted by atomic mass is 79.9. The zero-order chi connectivity index (χ0) is 13.1. The number of nitrogens with two attached hydrogens (primary N) is 1. The second-order valence-electron chi connectivity index (χ2n) is 3.80. The second-order valence-corrected chi connectivity index (χ2v) is 4.66. The van der Waals surface area contributed by atoms with Gasteiger partial charge in [-0.2, -0.15) is 0 Å². The normalized spacial score (nSPS) is 12.2. The van der Waals surface area contributed by atoms with Crippen LogP contribution < -0.4 is 10.5 Å². The van der Waals surface area contributed by atoms with Crippen molar-refractivity contribution in [1.82, 2.24) is 4.98 Å². The van der Waals surface area contributed by atoms with E-state index in [1.165, 1.54) is 6.07 Å². The average Bonchev–Trinajstić information content (AvgIpc) is 2.38. The van der Waals surface area contributed by atoms with E-state index in [1.54, 1.807) is 13.3 Å². The van der Waals surface area contributed by atoms with Crippen LogP contribution in [0.15, 0.2) is 41.1 Å². The minimum atomic E-state index is -0.460. The van der Waals surface area contributed by atoms with E-state index in [-0.39, 0.29) is 0 Å². The van der Waals surface area contributed by atoms with Crippen molar-refractivity contribution in [1.29, 1.82) is 0 Å². The molecule has 0 spiro atoms. The number of nitrogens with zero attached hydrogens (tertiary/aromatic N) is 1. The quantitative estimate of drug-likeness (QED) is 0.948. The summed E-state index contributed by atoms with van der Waals surface area (Å²) in [6.07, 6.45) is 2.70. The molecule has 18 heavy (non-hydrogen) atoms. The van der Waals surface area contributed by atoms with Crippen LogP contribution >= 0.6 is 15.9 Å². The van der Waals surface area contributed by atoms with E-state index in [1.807, 2.05) is 18.2 Å². The van der Waals surface area contributed by atoms with Crippen molar-refractivity contribution in [2.24, 2.45) is 5.73 Å². The van der Waals surface area contributed by atoms with Crippen LogP contribution in [0.25, 0.3) is 0 Å². The summed E-state index contributed by atoms with van der Waals surface area (Å²) in [7, 11) is 1.59. The minimum absolute atomic E-state index is 0.401. The Morgan fingerprint density at radius 2 is 2.11 bits per heavy atom. The van der Waals surface area contributed by atoms with Gasteiger partial charge in [0.15, 0.2) is 0 Å². The molecule has 0 radical (unpaired) electrons. The summed E-state index contributed by atoms with van der Waals surface area (Å²) in [4.78, 5) is 3.80. The summed E-state index contributed by atoms with van der Waals surface area (Å²) in [5.41, 5.74) is 7.55. The molecule has 3 nitrogen and oxygen atoms in total. The van der Waals surface area contributed by atoms with Crippen LogP contribution in [-0.2, 0) is 0 Å². The third kappa shape index (κ3) is 2.68. The van der Waals surface area contributed by atoms with E-state index in [2.05, 4.69) is 20.9 Å². The van der Waals surface area contributed by atoms with Gasteiger partial charge in [0.1, 0.15) is 11.6 Å². The van der Waals surface area contributed by atoms with Gasteiger partial charge < -0.3 is 10.5 Å². The van der Waals surface area contributed by atoms with Crippen molar-refractivity contribution in [2.45, 2.75) is 6.04 Å². The third-order valence-corrected chi connectivity index (χ3v) is 3.35. The summed E-state index contributed by atoms with van der Waals surface area (Å²) in [6, 6.07) is 6.41. The van der Waals surface area contributed by atoms with Crippen molar-refractivity contribution < 1.29 is 9.13 Å². The number of hydrogen-bond donors (Lipinski definition) is 1. The van der Waals surface area contributed by atoms with Gasteiger partial charge >= 0.3 is 0 Å². The SMILES string of the molecule is COc1ccc(Br)c(C(N)c2cncc(F)c2)c1. The highest BCUT2D eigenvalue weighted by Gasteiger charge is 2.14. The summed E-state index contributed by atoms with van der Waals surface area (Å²) in [5.74, 6) is 0.301. The Morgan fingerprint density at radius 1 is 1.33 bits per heavy atom. The lowest BCUT2D eigenvalue weighted by atomic mass is 10.0. The molecule has 2 rings (SSSR count). The maximum Gasteiger partial charge on any atom is 0.141 e. The molecule has 0 fully saturated rings. The number of hydrogen-bond acceptors (Lipinski definition) is 3. The molecule has 1 aromatic carbocycles. The lowest BCUT2D eigenvalue weighted by Gasteiger charge is -2.15. The van der Waals surface area contributed by atoms with Gasteiger partial charge in [0.2, 0.25) is 0 Å². The van der Waals surface area contributed by atoms with Crippen LogP contribution in [0.3, 0.4) is 0 Å². The molecule has 0 amide bonds. The fourth-order valence-corrected chi connectivity index (χ4v) is 2.16. The summed E-state index contributed by atoms with van der Waals surface area (Å²) >= 11 is 3.43. The molecule has 1 aromatic heterocycles. The molecule has 0 aliphatic heterocycles. The van der Waals surface area contributed by atoms with Crippen LogP contribution in [-0.4, -0.2) is 12.1 Å². The van der Waals surface area contributed by atoms with E-state index in [0.29, 0.717) is 11.3 Å². The first-order valence-electron chi connectivity index (χ1n) is 5.31. The van der Waals surface area contributed by atoms with Crippen LogP contribution in [0.5, 0.6) is 5.75 Å². The number of ether oxygens (including phenoxy) is 1. The number of rotatable bonds is 3. The van der Waals surface area contributed by atoms with Gasteiger partial charge in [0.25, 0.3) is 0 Å². The number of halogens is 2. The summed E-state index contributed by atoms with van der Waals surface area (Å²) in [6.45, 7) is 0. The van der Waals surface area contributed by atoms with E-state index >= 15 is 0 Å². The van der Waals surface area contributed by atoms with Crippen molar-refractivity contribution in [2.75, 3.05) is 7.11 Å². The molecule has 2 aromatic rings. The van der Waals surface area contributed by atoms with Gasteiger partial charge in [-0.1, -0.05) is 15.9 Å². The maximum absolute atomic E-state index is 13.1. The Labute approximate surface area is 113 Å². The molecule has 0 saturated heterocycles. The van der Waals surface area contributed by atoms with Crippen LogP contribution in [0.2, 0.25) is 0 Å². The lowest BCUT2D eigenvalue weighted by molar-refractivity contribution is 0.414. The molecule has 0 aliphatic rings. The van der Waals surface area contributed by atoms with Crippen LogP contribution in [0.4, 0.5) is 4.39 Å². The topological polar surface area (TPSA) is 48.1 Å². The van der Waals surface area contributed by atoms with Crippen molar-refractivity contribution in [3.8, 4) is 5.75 Å². The Morgan fingerprint density at radius 3 is 2.78 bits per heavy atom. The second kappa shape index (κ2) is 5.46. The van der Waals surface area contributed by atoms with E-state index in [9.17, 15) is 4.39 Å². The Kier molecular flexibility index (Phi) is 3.93. The van der Waals surface area contributed by atoms with E-state index in [0.717, 1.165) is 16.2 Å². The molecule has 1 unspecified atom stereocenters. The van der Waals surface area contributed by atoms with Gasteiger partial charge in [-0.05, 0) is 35.4 Å². The van der Waals surface area contributed by atoms with Crippen molar-refractivity contribution in [3.63, 3.8) is 0 Å². The molecule has 0 saturated carbocycles. The van der Waals surface area contributed by atoms with Gasteiger partial charge in [0.05, 0.1) is 19.3 Å². The van der Waals surface area contributed by atoms with Crippen LogP contribution in [0, 0.1) is 5.82 Å². The van der Waals surface area contributed by atoms with Gasteiger partial charge in [-0.15, -0.1) is 0 Å². The zero-order valence-electron chi connectivity index (χ0n) is 9.73. The maximum atomic E-state index is 13.1. The van der Waals surface area contributed by atoms with Gasteiger partial charge in [-0.3, -0.25) is 4.98 Å². The smallest absolute Gasteiger partial charge is 0.141 e. The highest BCUT2D eigenvalue weighted by Crippen LogP contribution is 2.30. The fraction of sp³-hybridized carbons (Fsp3) is 0.154. The monoisotopic (exact) mass is 310 g/mol. The Hall–Kier alpha value is -1.46. The number of aromatic nitrogens is 1. The first kappa shape index (κ1) is 13.0. The Bertz CT molecular complexity index is 562. The number of pyridine rings is 1. The van der Waals surface area contributed by atoms with Crippen molar-refractivity contribution in [3.05, 3.63) is 58.1 Å². The molecule has 0 bridgehead atoms. The molecule has 0 aliphatic carbocycles. The fourth-order valence-electron chi connectivity index (χ4n) is 1.67. The largest absolute Gasteiger partial charge is 0.497 e. The number of methoxy groups -OCH3 is 1. The molecule has 2 N–H and O–H groups in total. The molecular weight excluding hydrogens is 299 g/mol.